The Morgan fingerprint density at radius 2 is 1.47 bits per heavy atom. The molecule has 0 saturated carbocycles. The Kier molecular flexibility index (Phi) is 7.95. The number of carbonyl (C=O) groups is 2. The number of halogens is 2. The summed E-state index contributed by atoms with van der Waals surface area (Å²) in [6.07, 6.45) is 0. The van der Waals surface area contributed by atoms with Gasteiger partial charge in [0.25, 0.3) is 0 Å². The highest BCUT2D eigenvalue weighted by molar-refractivity contribution is 6.33. The van der Waals surface area contributed by atoms with Crippen LogP contribution in [0.25, 0.3) is 11.1 Å². The smallest absolute Gasteiger partial charge is 0.336 e. The first kappa shape index (κ1) is 27.0. The number of carboxylic acid groups (broad SMARTS) is 1. The van der Waals surface area contributed by atoms with Crippen molar-refractivity contribution in [2.24, 2.45) is 0 Å². The van der Waals surface area contributed by atoms with Crippen LogP contribution in [0, 0.1) is 0 Å². The van der Waals surface area contributed by atoms with Crippen LogP contribution >= 0.6 is 23.2 Å². The van der Waals surface area contributed by atoms with Gasteiger partial charge in [0.15, 0.2) is 5.75 Å². The largest absolute Gasteiger partial charge is 0.478 e. The first-order chi connectivity index (χ1) is 18.0. The second-order valence-corrected chi connectivity index (χ2v) is 10.5. The third-order valence-electron chi connectivity index (χ3n) is 5.79. The summed E-state index contributed by atoms with van der Waals surface area (Å²) in [6, 6.07) is 23.6. The van der Waals surface area contributed by atoms with E-state index in [1.54, 1.807) is 48.5 Å². The van der Waals surface area contributed by atoms with Crippen molar-refractivity contribution in [3.63, 3.8) is 0 Å². The molecule has 2 amide bonds. The molecule has 194 valence electrons. The Morgan fingerprint density at radius 1 is 0.789 bits per heavy atom. The van der Waals surface area contributed by atoms with Crippen LogP contribution in [0.15, 0.2) is 84.9 Å². The number of hydrogen-bond acceptors (Lipinski definition) is 3. The highest BCUT2D eigenvalue weighted by Gasteiger charge is 2.21. The van der Waals surface area contributed by atoms with Gasteiger partial charge >= 0.3 is 12.0 Å². The molecular formula is C30H26Cl2N2O4. The highest BCUT2D eigenvalue weighted by atomic mass is 35.5. The molecule has 0 bridgehead atoms. The molecule has 4 rings (SSSR count). The zero-order valence-corrected chi connectivity index (χ0v) is 22.5. The molecule has 0 fully saturated rings. The molecule has 0 unspecified atom stereocenters. The lowest BCUT2D eigenvalue weighted by molar-refractivity contribution is 0.0697. The van der Waals surface area contributed by atoms with Crippen molar-refractivity contribution < 1.29 is 19.4 Å². The van der Waals surface area contributed by atoms with Crippen molar-refractivity contribution in [3.8, 4) is 22.6 Å². The van der Waals surface area contributed by atoms with Crippen LogP contribution in [-0.2, 0) is 5.41 Å². The van der Waals surface area contributed by atoms with Crippen LogP contribution in [0.4, 0.5) is 16.2 Å². The van der Waals surface area contributed by atoms with E-state index in [9.17, 15) is 14.7 Å². The van der Waals surface area contributed by atoms with E-state index in [0.29, 0.717) is 44.0 Å². The van der Waals surface area contributed by atoms with E-state index in [1.165, 1.54) is 12.1 Å². The Labute approximate surface area is 231 Å². The first-order valence-corrected chi connectivity index (χ1v) is 12.6. The summed E-state index contributed by atoms with van der Waals surface area (Å²) in [7, 11) is 0. The number of para-hydroxylation sites is 2. The van der Waals surface area contributed by atoms with Gasteiger partial charge < -0.3 is 20.5 Å². The van der Waals surface area contributed by atoms with Crippen molar-refractivity contribution >= 4 is 46.6 Å². The molecular weight excluding hydrogens is 523 g/mol. The van der Waals surface area contributed by atoms with Gasteiger partial charge in [-0.15, -0.1) is 0 Å². The molecule has 0 atom stereocenters. The van der Waals surface area contributed by atoms with Crippen molar-refractivity contribution in [2.75, 3.05) is 10.6 Å². The zero-order chi connectivity index (χ0) is 27.4. The average molecular weight is 549 g/mol. The van der Waals surface area contributed by atoms with Crippen LogP contribution in [0.2, 0.25) is 10.0 Å². The van der Waals surface area contributed by atoms with Crippen molar-refractivity contribution in [1.29, 1.82) is 0 Å². The molecule has 6 nitrogen and oxygen atoms in total. The Morgan fingerprint density at radius 3 is 2.18 bits per heavy atom. The van der Waals surface area contributed by atoms with Crippen molar-refractivity contribution in [3.05, 3.63) is 106 Å². The summed E-state index contributed by atoms with van der Waals surface area (Å²) >= 11 is 12.4. The number of urea groups is 1. The molecule has 3 N–H and O–H groups in total. The zero-order valence-electron chi connectivity index (χ0n) is 21.0. The van der Waals surface area contributed by atoms with E-state index in [1.807, 2.05) is 24.3 Å². The maximum atomic E-state index is 13.0. The van der Waals surface area contributed by atoms with Gasteiger partial charge in [0.05, 0.1) is 22.0 Å². The summed E-state index contributed by atoms with van der Waals surface area (Å²) in [5.41, 5.74) is 2.57. The first-order valence-electron chi connectivity index (χ1n) is 11.8. The van der Waals surface area contributed by atoms with Gasteiger partial charge in [0.2, 0.25) is 0 Å². The molecule has 0 aliphatic heterocycles. The summed E-state index contributed by atoms with van der Waals surface area (Å²) < 4.78 is 6.32. The van der Waals surface area contributed by atoms with E-state index in [0.717, 1.165) is 5.56 Å². The number of amides is 2. The monoisotopic (exact) mass is 548 g/mol. The Hall–Kier alpha value is -4.00. The van der Waals surface area contributed by atoms with E-state index in [2.05, 4.69) is 31.4 Å². The minimum atomic E-state index is -1.10. The highest BCUT2D eigenvalue weighted by Crippen LogP contribution is 2.39. The molecule has 4 aromatic carbocycles. The van der Waals surface area contributed by atoms with Gasteiger partial charge in [-0.05, 0) is 65.1 Å². The fraction of sp³-hybridized carbons (Fsp3) is 0.133. The molecule has 4 aromatic rings. The minimum Gasteiger partial charge on any atom is -0.478 e. The molecule has 0 heterocycles. The Balaban J connectivity index is 1.78. The number of anilines is 2. The molecule has 0 spiro atoms. The molecule has 8 heteroatoms. The van der Waals surface area contributed by atoms with Crippen LogP contribution < -0.4 is 15.4 Å². The fourth-order valence-corrected chi connectivity index (χ4v) is 4.31. The third-order valence-corrected chi connectivity index (χ3v) is 6.35. The standard InChI is InChI=1S/C30H26Cl2N2O4/c1-30(2,3)22-8-4-7-11-26(22)38-27-15-12-18(21-17-19(31)13-14-20(21)28(35)36)16-25(27)34-29(37)33-24-10-6-5-9-23(24)32/h4-17H,1-3H3,(H,35,36)(H2,33,34,37). The third kappa shape index (κ3) is 6.28. The summed E-state index contributed by atoms with van der Waals surface area (Å²) in [4.78, 5) is 24.9. The minimum absolute atomic E-state index is 0.0765. The normalized spacial score (nSPS) is 11.1. The predicted octanol–water partition coefficient (Wildman–Crippen LogP) is 9.09. The van der Waals surface area contributed by atoms with Gasteiger partial charge in [0, 0.05) is 10.6 Å². The van der Waals surface area contributed by atoms with Gasteiger partial charge in [-0.1, -0.05) is 80.4 Å². The molecule has 0 aromatic heterocycles. The number of carbonyl (C=O) groups excluding carboxylic acids is 1. The lowest BCUT2D eigenvalue weighted by Crippen LogP contribution is -2.20. The van der Waals surface area contributed by atoms with Crippen LogP contribution in [0.5, 0.6) is 11.5 Å². The van der Waals surface area contributed by atoms with Gasteiger partial charge in [-0.3, -0.25) is 0 Å². The number of carboxylic acids is 1. The molecule has 38 heavy (non-hydrogen) atoms. The van der Waals surface area contributed by atoms with E-state index >= 15 is 0 Å². The maximum Gasteiger partial charge on any atom is 0.336 e. The van der Waals surface area contributed by atoms with Gasteiger partial charge in [0.1, 0.15) is 5.75 Å². The van der Waals surface area contributed by atoms with Crippen molar-refractivity contribution in [2.45, 2.75) is 26.2 Å². The maximum absolute atomic E-state index is 13.0. The van der Waals surface area contributed by atoms with E-state index < -0.39 is 12.0 Å². The summed E-state index contributed by atoms with van der Waals surface area (Å²) in [6.45, 7) is 6.25. The van der Waals surface area contributed by atoms with Crippen LogP contribution in [0.3, 0.4) is 0 Å². The topological polar surface area (TPSA) is 87.7 Å². The number of aromatic carboxylic acids is 1. The average Bonchev–Trinajstić information content (AvgIpc) is 2.86. The lowest BCUT2D eigenvalue weighted by Gasteiger charge is -2.23. The Bertz CT molecular complexity index is 1510. The second-order valence-electron chi connectivity index (χ2n) is 9.61. The summed E-state index contributed by atoms with van der Waals surface area (Å²) in [5.74, 6) is -0.0861. The lowest BCUT2D eigenvalue weighted by atomic mass is 9.86. The predicted molar refractivity (Wildman–Crippen MR) is 153 cm³/mol. The van der Waals surface area contributed by atoms with Gasteiger partial charge in [-0.2, -0.15) is 0 Å². The van der Waals surface area contributed by atoms with Crippen LogP contribution in [-0.4, -0.2) is 17.1 Å². The summed E-state index contributed by atoms with van der Waals surface area (Å²) in [5, 5.41) is 16.0. The number of rotatable bonds is 6. The number of ether oxygens (including phenoxy) is 1. The van der Waals surface area contributed by atoms with Crippen LogP contribution in [0.1, 0.15) is 36.7 Å². The molecule has 0 saturated heterocycles. The number of hydrogen-bond donors (Lipinski definition) is 3. The molecule has 0 aliphatic carbocycles. The SMILES string of the molecule is CC(C)(C)c1ccccc1Oc1ccc(-c2cc(Cl)ccc2C(=O)O)cc1NC(=O)Nc1ccccc1Cl. The van der Waals surface area contributed by atoms with Crippen molar-refractivity contribution in [1.82, 2.24) is 0 Å². The number of nitrogens with one attached hydrogen (secondary N) is 2. The number of benzene rings is 4. The van der Waals surface area contributed by atoms with E-state index in [4.69, 9.17) is 27.9 Å². The quantitative estimate of drug-likeness (QED) is 0.224. The fourth-order valence-electron chi connectivity index (χ4n) is 3.96. The van der Waals surface area contributed by atoms with Gasteiger partial charge in [-0.25, -0.2) is 9.59 Å². The molecule has 0 aliphatic rings. The van der Waals surface area contributed by atoms with E-state index in [-0.39, 0.29) is 11.0 Å². The molecule has 0 radical (unpaired) electrons. The second kappa shape index (κ2) is 11.2.